The van der Waals surface area contributed by atoms with Gasteiger partial charge in [-0.15, -0.1) is 0 Å². The van der Waals surface area contributed by atoms with Gasteiger partial charge < -0.3 is 14.9 Å². The Morgan fingerprint density at radius 2 is 2.15 bits per heavy atom. The van der Waals surface area contributed by atoms with Crippen molar-refractivity contribution in [2.75, 3.05) is 7.11 Å². The molecule has 20 heavy (non-hydrogen) atoms. The Labute approximate surface area is 126 Å². The summed E-state index contributed by atoms with van der Waals surface area (Å²) >= 11 is 3.42. The maximum atomic E-state index is 11.3. The first-order valence-corrected chi connectivity index (χ1v) is 7.47. The predicted molar refractivity (Wildman–Crippen MR) is 78.7 cm³/mol. The fourth-order valence-corrected chi connectivity index (χ4v) is 3.66. The minimum atomic E-state index is -0.817. The van der Waals surface area contributed by atoms with Gasteiger partial charge in [-0.2, -0.15) is 0 Å². The van der Waals surface area contributed by atoms with Gasteiger partial charge in [-0.3, -0.25) is 4.79 Å². The highest BCUT2D eigenvalue weighted by Crippen LogP contribution is 2.45. The second-order valence-electron chi connectivity index (χ2n) is 5.52. The van der Waals surface area contributed by atoms with E-state index in [1.165, 1.54) is 0 Å². The van der Waals surface area contributed by atoms with Crippen LogP contribution in [0.4, 0.5) is 0 Å². The molecule has 1 aromatic rings. The molecule has 0 radical (unpaired) electrons. The van der Waals surface area contributed by atoms with Crippen LogP contribution in [0.25, 0.3) is 0 Å². The Balaban J connectivity index is 2.26. The summed E-state index contributed by atoms with van der Waals surface area (Å²) in [5.74, 6) is -0.514. The van der Waals surface area contributed by atoms with E-state index < -0.39 is 18.0 Å². The largest absolute Gasteiger partial charge is 0.497 e. The van der Waals surface area contributed by atoms with Crippen molar-refractivity contribution in [3.05, 3.63) is 28.2 Å². The molecule has 0 spiro atoms. The number of methoxy groups -OCH3 is 1. The number of rotatable bonds is 4. The number of carbonyl (C=O) groups is 1. The van der Waals surface area contributed by atoms with Crippen LogP contribution in [0.3, 0.4) is 0 Å². The number of aliphatic hydroxyl groups excluding tert-OH is 1. The van der Waals surface area contributed by atoms with E-state index in [1.54, 1.807) is 25.3 Å². The van der Waals surface area contributed by atoms with E-state index in [-0.39, 0.29) is 5.92 Å². The Morgan fingerprint density at radius 1 is 1.45 bits per heavy atom. The topological polar surface area (TPSA) is 66.8 Å². The van der Waals surface area contributed by atoms with Crippen molar-refractivity contribution in [1.82, 2.24) is 0 Å². The van der Waals surface area contributed by atoms with Crippen molar-refractivity contribution in [3.8, 4) is 5.75 Å². The Hall–Kier alpha value is -1.07. The van der Waals surface area contributed by atoms with Gasteiger partial charge in [0, 0.05) is 10.4 Å². The lowest BCUT2D eigenvalue weighted by atomic mass is 9.87. The molecule has 4 atom stereocenters. The summed E-state index contributed by atoms with van der Waals surface area (Å²) in [5.41, 5.74) is 0.719. The SMILES string of the molecule is COc1ccc(C(O)C2CC(C)CC2C(=O)O)c(Br)c1. The van der Waals surface area contributed by atoms with Crippen LogP contribution in [0.15, 0.2) is 22.7 Å². The van der Waals surface area contributed by atoms with E-state index in [2.05, 4.69) is 15.9 Å². The monoisotopic (exact) mass is 342 g/mol. The highest BCUT2D eigenvalue weighted by molar-refractivity contribution is 9.10. The first-order valence-electron chi connectivity index (χ1n) is 6.68. The summed E-state index contributed by atoms with van der Waals surface area (Å²) < 4.78 is 5.87. The average Bonchev–Trinajstić information content (AvgIpc) is 2.80. The number of aliphatic carboxylic acids is 1. The molecular formula is C15H19BrO4. The van der Waals surface area contributed by atoms with Gasteiger partial charge >= 0.3 is 5.97 Å². The fourth-order valence-electron chi connectivity index (χ4n) is 3.07. The number of aliphatic hydroxyl groups is 1. The molecule has 1 aromatic carbocycles. The molecule has 1 aliphatic rings. The van der Waals surface area contributed by atoms with E-state index in [0.717, 1.165) is 16.5 Å². The van der Waals surface area contributed by atoms with E-state index in [4.69, 9.17) is 4.74 Å². The van der Waals surface area contributed by atoms with Crippen molar-refractivity contribution in [3.63, 3.8) is 0 Å². The number of hydrogen-bond acceptors (Lipinski definition) is 3. The zero-order valence-electron chi connectivity index (χ0n) is 11.5. The lowest BCUT2D eigenvalue weighted by molar-refractivity contribution is -0.144. The first kappa shape index (κ1) is 15.3. The number of ether oxygens (including phenoxy) is 1. The third-order valence-corrected chi connectivity index (χ3v) is 4.78. The molecule has 0 heterocycles. The maximum absolute atomic E-state index is 11.3. The quantitative estimate of drug-likeness (QED) is 0.881. The average molecular weight is 343 g/mol. The van der Waals surface area contributed by atoms with Crippen molar-refractivity contribution >= 4 is 21.9 Å². The predicted octanol–water partition coefficient (Wildman–Crippen LogP) is 3.24. The minimum absolute atomic E-state index is 0.243. The molecule has 110 valence electrons. The van der Waals surface area contributed by atoms with Gasteiger partial charge in [0.05, 0.1) is 19.1 Å². The first-order chi connectivity index (χ1) is 9.43. The molecule has 0 saturated heterocycles. The van der Waals surface area contributed by atoms with Crippen LogP contribution in [-0.4, -0.2) is 23.3 Å². The van der Waals surface area contributed by atoms with Crippen molar-refractivity contribution < 1.29 is 19.7 Å². The zero-order chi connectivity index (χ0) is 14.9. The Morgan fingerprint density at radius 3 is 2.70 bits per heavy atom. The van der Waals surface area contributed by atoms with Gasteiger partial charge in [-0.25, -0.2) is 0 Å². The summed E-state index contributed by atoms with van der Waals surface area (Å²) in [6.45, 7) is 2.03. The molecule has 0 bridgehead atoms. The van der Waals surface area contributed by atoms with Gasteiger partial charge in [0.25, 0.3) is 0 Å². The lowest BCUT2D eigenvalue weighted by Crippen LogP contribution is -2.24. The molecule has 1 saturated carbocycles. The van der Waals surface area contributed by atoms with Gasteiger partial charge in [0.2, 0.25) is 0 Å². The second-order valence-corrected chi connectivity index (χ2v) is 6.37. The number of halogens is 1. The standard InChI is InChI=1S/C15H19BrO4/c1-8-5-11(12(6-8)15(18)19)14(17)10-4-3-9(20-2)7-13(10)16/h3-4,7-8,11-12,14,17H,5-6H2,1-2H3,(H,18,19). The van der Waals surface area contributed by atoms with Crippen molar-refractivity contribution in [2.24, 2.45) is 17.8 Å². The lowest BCUT2D eigenvalue weighted by Gasteiger charge is -2.23. The van der Waals surface area contributed by atoms with Gasteiger partial charge in [-0.05, 0) is 36.5 Å². The van der Waals surface area contributed by atoms with E-state index in [0.29, 0.717) is 18.1 Å². The molecule has 2 N–H and O–H groups in total. The Kier molecular flexibility index (Phi) is 4.70. The number of carboxylic acids is 1. The van der Waals surface area contributed by atoms with Crippen LogP contribution >= 0.6 is 15.9 Å². The highest BCUT2D eigenvalue weighted by atomic mass is 79.9. The van der Waals surface area contributed by atoms with Crippen LogP contribution in [-0.2, 0) is 4.79 Å². The van der Waals surface area contributed by atoms with Crippen LogP contribution in [0.5, 0.6) is 5.75 Å². The molecule has 2 rings (SSSR count). The molecular weight excluding hydrogens is 324 g/mol. The van der Waals surface area contributed by atoms with Gasteiger partial charge in [0.15, 0.2) is 0 Å². The second kappa shape index (κ2) is 6.14. The maximum Gasteiger partial charge on any atom is 0.306 e. The van der Waals surface area contributed by atoms with E-state index in [9.17, 15) is 15.0 Å². The van der Waals surface area contributed by atoms with Gasteiger partial charge in [-0.1, -0.05) is 28.9 Å². The van der Waals surface area contributed by atoms with Crippen LogP contribution in [0, 0.1) is 17.8 Å². The van der Waals surface area contributed by atoms with Gasteiger partial charge in [0.1, 0.15) is 5.75 Å². The molecule has 0 aliphatic heterocycles. The molecule has 1 aliphatic carbocycles. The van der Waals surface area contributed by atoms with Crippen molar-refractivity contribution in [1.29, 1.82) is 0 Å². The number of benzene rings is 1. The Bertz CT molecular complexity index is 503. The molecule has 0 aromatic heterocycles. The summed E-state index contributed by atoms with van der Waals surface area (Å²) in [7, 11) is 1.58. The minimum Gasteiger partial charge on any atom is -0.497 e. The third kappa shape index (κ3) is 2.99. The number of hydrogen-bond donors (Lipinski definition) is 2. The molecule has 5 heteroatoms. The van der Waals surface area contributed by atoms with Crippen LogP contribution in [0.1, 0.15) is 31.4 Å². The fraction of sp³-hybridized carbons (Fsp3) is 0.533. The summed E-state index contributed by atoms with van der Waals surface area (Å²) in [6, 6.07) is 5.35. The normalized spacial score (nSPS) is 27.3. The third-order valence-electron chi connectivity index (χ3n) is 4.10. The molecule has 0 amide bonds. The summed E-state index contributed by atoms with van der Waals surface area (Å²) in [5, 5.41) is 19.9. The van der Waals surface area contributed by atoms with E-state index >= 15 is 0 Å². The molecule has 1 fully saturated rings. The number of carboxylic acid groups (broad SMARTS) is 1. The molecule has 4 unspecified atom stereocenters. The summed E-state index contributed by atoms with van der Waals surface area (Å²) in [6.07, 6.45) is 0.586. The van der Waals surface area contributed by atoms with Crippen LogP contribution in [0.2, 0.25) is 0 Å². The van der Waals surface area contributed by atoms with Crippen LogP contribution < -0.4 is 4.74 Å². The zero-order valence-corrected chi connectivity index (χ0v) is 13.1. The highest BCUT2D eigenvalue weighted by Gasteiger charge is 2.41. The van der Waals surface area contributed by atoms with E-state index in [1.807, 2.05) is 6.92 Å². The van der Waals surface area contributed by atoms with Crippen molar-refractivity contribution in [2.45, 2.75) is 25.9 Å². The molecule has 4 nitrogen and oxygen atoms in total. The smallest absolute Gasteiger partial charge is 0.306 e. The summed E-state index contributed by atoms with van der Waals surface area (Å²) in [4.78, 5) is 11.3.